The molecule has 8 heteroatoms. The Labute approximate surface area is 131 Å². The number of hydrogen-bond donors (Lipinski definition) is 2. The molecule has 2 rings (SSSR count). The first-order valence-electron chi connectivity index (χ1n) is 6.99. The molecule has 0 fully saturated rings. The number of nitrogens with zero attached hydrogens (tertiary/aromatic N) is 2. The lowest BCUT2D eigenvalue weighted by Gasteiger charge is -2.15. The van der Waals surface area contributed by atoms with Crippen molar-refractivity contribution in [2.24, 2.45) is 0 Å². The lowest BCUT2D eigenvalue weighted by Crippen LogP contribution is -2.32. The first-order chi connectivity index (χ1) is 10.8. The number of aryl methyl sites for hydroxylation is 1. The standard InChI is InChI=1S/C15H17F3N4O/c1-9-3-4-11(16)5-13(9)21-15(23)10(2)20-12-6-19-22(7-12)8-14(17)18/h3-7,10,14,20H,8H2,1-2H3,(H,21,23). The zero-order chi connectivity index (χ0) is 17.0. The molecule has 1 aromatic carbocycles. The topological polar surface area (TPSA) is 59.0 Å². The molecule has 0 spiro atoms. The molecule has 0 radical (unpaired) electrons. The molecule has 2 N–H and O–H groups in total. The van der Waals surface area contributed by atoms with E-state index in [9.17, 15) is 18.0 Å². The zero-order valence-corrected chi connectivity index (χ0v) is 12.7. The van der Waals surface area contributed by atoms with Crippen LogP contribution >= 0.6 is 0 Å². The van der Waals surface area contributed by atoms with Gasteiger partial charge in [-0.05, 0) is 31.5 Å². The second-order valence-corrected chi connectivity index (χ2v) is 5.16. The van der Waals surface area contributed by atoms with E-state index in [1.165, 1.54) is 24.5 Å². The molecule has 0 aliphatic carbocycles. The van der Waals surface area contributed by atoms with Gasteiger partial charge < -0.3 is 10.6 Å². The molecule has 0 aliphatic heterocycles. The molecule has 1 atom stereocenters. The van der Waals surface area contributed by atoms with E-state index in [4.69, 9.17) is 0 Å². The largest absolute Gasteiger partial charge is 0.371 e. The minimum Gasteiger partial charge on any atom is -0.371 e. The van der Waals surface area contributed by atoms with Crippen molar-refractivity contribution in [1.82, 2.24) is 9.78 Å². The number of carbonyl (C=O) groups excluding carboxylic acids is 1. The van der Waals surface area contributed by atoms with E-state index >= 15 is 0 Å². The second kappa shape index (κ2) is 7.17. The zero-order valence-electron chi connectivity index (χ0n) is 12.7. The normalized spacial score (nSPS) is 12.3. The van der Waals surface area contributed by atoms with Gasteiger partial charge in [0, 0.05) is 11.9 Å². The monoisotopic (exact) mass is 326 g/mol. The van der Waals surface area contributed by atoms with Gasteiger partial charge in [-0.15, -0.1) is 0 Å². The van der Waals surface area contributed by atoms with Crippen LogP contribution in [0, 0.1) is 12.7 Å². The summed E-state index contributed by atoms with van der Waals surface area (Å²) in [6.07, 6.45) is 0.252. The number of anilines is 2. The van der Waals surface area contributed by atoms with Crippen molar-refractivity contribution in [3.05, 3.63) is 42.0 Å². The Morgan fingerprint density at radius 2 is 2.13 bits per heavy atom. The molecule has 1 heterocycles. The fourth-order valence-corrected chi connectivity index (χ4v) is 1.96. The average Bonchev–Trinajstić information content (AvgIpc) is 2.89. The molecule has 23 heavy (non-hydrogen) atoms. The van der Waals surface area contributed by atoms with E-state index < -0.39 is 24.8 Å². The maximum absolute atomic E-state index is 13.2. The van der Waals surface area contributed by atoms with Crippen LogP contribution in [0.25, 0.3) is 0 Å². The summed E-state index contributed by atoms with van der Waals surface area (Å²) in [6.45, 7) is 2.85. The van der Waals surface area contributed by atoms with Gasteiger partial charge in [-0.1, -0.05) is 6.07 Å². The third kappa shape index (κ3) is 4.73. The molecule has 0 saturated heterocycles. The van der Waals surface area contributed by atoms with Crippen LogP contribution in [0.1, 0.15) is 12.5 Å². The summed E-state index contributed by atoms with van der Waals surface area (Å²) in [5.41, 5.74) is 1.57. The predicted molar refractivity (Wildman–Crippen MR) is 81.1 cm³/mol. The van der Waals surface area contributed by atoms with Gasteiger partial charge >= 0.3 is 0 Å². The molecule has 1 unspecified atom stereocenters. The van der Waals surface area contributed by atoms with Gasteiger partial charge in [0.15, 0.2) is 0 Å². The predicted octanol–water partition coefficient (Wildman–Crippen LogP) is 3.03. The van der Waals surface area contributed by atoms with Crippen molar-refractivity contribution < 1.29 is 18.0 Å². The number of benzene rings is 1. The van der Waals surface area contributed by atoms with Crippen LogP contribution in [0.5, 0.6) is 0 Å². The number of nitrogens with one attached hydrogen (secondary N) is 2. The summed E-state index contributed by atoms with van der Waals surface area (Å²) in [6, 6.07) is 3.46. The first kappa shape index (κ1) is 16.9. The highest BCUT2D eigenvalue weighted by molar-refractivity contribution is 5.96. The van der Waals surface area contributed by atoms with E-state index in [1.807, 2.05) is 0 Å². The quantitative estimate of drug-likeness (QED) is 0.858. The van der Waals surface area contributed by atoms with Crippen molar-refractivity contribution in [2.75, 3.05) is 10.6 Å². The minimum absolute atomic E-state index is 0.375. The third-order valence-electron chi connectivity index (χ3n) is 3.19. The maximum Gasteiger partial charge on any atom is 0.257 e. The SMILES string of the molecule is Cc1ccc(F)cc1NC(=O)C(C)Nc1cnn(CC(F)F)c1. The average molecular weight is 326 g/mol. The molecular formula is C15H17F3N4O. The van der Waals surface area contributed by atoms with Crippen LogP contribution in [0.4, 0.5) is 24.5 Å². The van der Waals surface area contributed by atoms with Gasteiger partial charge in [-0.3, -0.25) is 9.48 Å². The summed E-state index contributed by atoms with van der Waals surface area (Å²) >= 11 is 0. The second-order valence-electron chi connectivity index (χ2n) is 5.16. The van der Waals surface area contributed by atoms with Crippen LogP contribution in [-0.2, 0) is 11.3 Å². The van der Waals surface area contributed by atoms with Crippen LogP contribution in [0.2, 0.25) is 0 Å². The molecule has 0 saturated carbocycles. The Bertz CT molecular complexity index is 687. The van der Waals surface area contributed by atoms with E-state index in [0.29, 0.717) is 11.4 Å². The van der Waals surface area contributed by atoms with Gasteiger partial charge in [0.2, 0.25) is 5.91 Å². The number of halogens is 3. The van der Waals surface area contributed by atoms with Crippen LogP contribution < -0.4 is 10.6 Å². The lowest BCUT2D eigenvalue weighted by atomic mass is 10.2. The Balaban J connectivity index is 1.97. The van der Waals surface area contributed by atoms with Gasteiger partial charge in [0.1, 0.15) is 18.4 Å². The third-order valence-corrected chi connectivity index (χ3v) is 3.19. The van der Waals surface area contributed by atoms with Gasteiger partial charge in [-0.2, -0.15) is 5.10 Å². The number of carbonyl (C=O) groups is 1. The molecule has 1 amide bonds. The van der Waals surface area contributed by atoms with Crippen LogP contribution in [-0.4, -0.2) is 28.2 Å². The highest BCUT2D eigenvalue weighted by Crippen LogP contribution is 2.17. The Kier molecular flexibility index (Phi) is 5.25. The van der Waals surface area contributed by atoms with Crippen molar-refractivity contribution in [3.8, 4) is 0 Å². The van der Waals surface area contributed by atoms with Crippen molar-refractivity contribution in [2.45, 2.75) is 32.9 Å². The smallest absolute Gasteiger partial charge is 0.257 e. The van der Waals surface area contributed by atoms with E-state index in [1.54, 1.807) is 19.9 Å². The highest BCUT2D eigenvalue weighted by atomic mass is 19.3. The Morgan fingerprint density at radius 1 is 1.39 bits per heavy atom. The first-order valence-corrected chi connectivity index (χ1v) is 6.99. The number of rotatable bonds is 6. The number of hydrogen-bond acceptors (Lipinski definition) is 3. The van der Waals surface area contributed by atoms with E-state index in [2.05, 4.69) is 15.7 Å². The Hall–Kier alpha value is -2.51. The van der Waals surface area contributed by atoms with E-state index in [0.717, 1.165) is 10.2 Å². The van der Waals surface area contributed by atoms with Crippen LogP contribution in [0.3, 0.4) is 0 Å². The van der Waals surface area contributed by atoms with Gasteiger partial charge in [0.25, 0.3) is 6.43 Å². The van der Waals surface area contributed by atoms with Crippen LogP contribution in [0.15, 0.2) is 30.6 Å². The van der Waals surface area contributed by atoms with Gasteiger partial charge in [-0.25, -0.2) is 13.2 Å². The molecule has 0 bridgehead atoms. The number of amides is 1. The molecule has 2 aromatic rings. The highest BCUT2D eigenvalue weighted by Gasteiger charge is 2.15. The Morgan fingerprint density at radius 3 is 2.83 bits per heavy atom. The summed E-state index contributed by atoms with van der Waals surface area (Å²) in [4.78, 5) is 12.1. The van der Waals surface area contributed by atoms with Crippen molar-refractivity contribution in [1.29, 1.82) is 0 Å². The lowest BCUT2D eigenvalue weighted by molar-refractivity contribution is -0.116. The van der Waals surface area contributed by atoms with Gasteiger partial charge in [0.05, 0.1) is 11.9 Å². The van der Waals surface area contributed by atoms with Crippen molar-refractivity contribution in [3.63, 3.8) is 0 Å². The molecule has 5 nitrogen and oxygen atoms in total. The molecule has 0 aliphatic rings. The molecule has 1 aromatic heterocycles. The summed E-state index contributed by atoms with van der Waals surface area (Å²) in [5, 5.41) is 9.25. The maximum atomic E-state index is 13.2. The molecular weight excluding hydrogens is 309 g/mol. The van der Waals surface area contributed by atoms with Crippen molar-refractivity contribution >= 4 is 17.3 Å². The molecule has 124 valence electrons. The fraction of sp³-hybridized carbons (Fsp3) is 0.333. The summed E-state index contributed by atoms with van der Waals surface area (Å²) in [5.74, 6) is -0.819. The summed E-state index contributed by atoms with van der Waals surface area (Å²) < 4.78 is 38.8. The van der Waals surface area contributed by atoms with E-state index in [-0.39, 0.29) is 5.91 Å². The number of alkyl halides is 2. The number of aromatic nitrogens is 2. The minimum atomic E-state index is -2.50. The summed E-state index contributed by atoms with van der Waals surface area (Å²) in [7, 11) is 0. The fourth-order valence-electron chi connectivity index (χ4n) is 1.96.